The van der Waals surface area contributed by atoms with Crippen LogP contribution in [0.15, 0.2) is 42.5 Å². The maximum Gasteiger partial charge on any atom is 0.225 e. The second kappa shape index (κ2) is 4.63. The molecule has 1 nitrogen and oxygen atoms in total. The molecule has 1 aromatic rings. The summed E-state index contributed by atoms with van der Waals surface area (Å²) in [5.41, 5.74) is 1.17. The molecule has 0 amide bonds. The monoisotopic (exact) mass is 220 g/mol. The summed E-state index contributed by atoms with van der Waals surface area (Å²) in [4.78, 5) is 11.3. The minimum Gasteiger partial charge on any atom is -0.281 e. The van der Waals surface area contributed by atoms with Crippen molar-refractivity contribution in [1.29, 1.82) is 0 Å². The van der Waals surface area contributed by atoms with Gasteiger partial charge in [-0.3, -0.25) is 4.79 Å². The zero-order valence-corrected chi connectivity index (χ0v) is 9.15. The number of benzene rings is 1. The minimum atomic E-state index is -0.215. The van der Waals surface area contributed by atoms with Crippen molar-refractivity contribution < 1.29 is 4.79 Å². The molecule has 0 heterocycles. The van der Waals surface area contributed by atoms with E-state index in [0.717, 1.165) is 12.8 Å². The second-order valence-corrected chi connectivity index (χ2v) is 4.23. The molecule has 78 valence electrons. The Morgan fingerprint density at radius 3 is 2.67 bits per heavy atom. The number of hydrogen-bond donors (Lipinski definition) is 0. The van der Waals surface area contributed by atoms with E-state index in [2.05, 4.69) is 12.2 Å². The maximum atomic E-state index is 11.3. The highest BCUT2D eigenvalue weighted by Gasteiger charge is 2.27. The van der Waals surface area contributed by atoms with Crippen LogP contribution in [0.3, 0.4) is 0 Å². The normalized spacial score (nSPS) is 25.1. The lowest BCUT2D eigenvalue weighted by Gasteiger charge is -2.24. The van der Waals surface area contributed by atoms with Crippen LogP contribution in [0.2, 0.25) is 0 Å². The van der Waals surface area contributed by atoms with E-state index >= 15 is 0 Å². The second-order valence-electron chi connectivity index (χ2n) is 3.85. The fourth-order valence-electron chi connectivity index (χ4n) is 2.11. The molecule has 0 fully saturated rings. The molecular weight excluding hydrogens is 208 g/mol. The molecule has 0 saturated heterocycles. The number of allylic oxidation sites excluding steroid dienone is 2. The zero-order valence-electron chi connectivity index (χ0n) is 8.40. The number of carbonyl (C=O) groups excluding carboxylic acids is 1. The summed E-state index contributed by atoms with van der Waals surface area (Å²) in [6.45, 7) is 0. The number of carbonyl (C=O) groups is 1. The first kappa shape index (κ1) is 10.4. The predicted octanol–water partition coefficient (Wildman–Crippen LogP) is 3.50. The SMILES string of the molecule is O=C(Cl)[C@H]1CCC=CC1c1ccccc1. The molecule has 1 unspecified atom stereocenters. The van der Waals surface area contributed by atoms with Crippen molar-refractivity contribution in [3.8, 4) is 0 Å². The van der Waals surface area contributed by atoms with Crippen molar-refractivity contribution in [3.05, 3.63) is 48.0 Å². The van der Waals surface area contributed by atoms with Gasteiger partial charge in [0.1, 0.15) is 0 Å². The lowest BCUT2D eigenvalue weighted by molar-refractivity contribution is -0.115. The molecule has 15 heavy (non-hydrogen) atoms. The van der Waals surface area contributed by atoms with Crippen LogP contribution in [0.25, 0.3) is 0 Å². The van der Waals surface area contributed by atoms with Gasteiger partial charge in [-0.15, -0.1) is 0 Å². The van der Waals surface area contributed by atoms with Crippen LogP contribution in [0.1, 0.15) is 24.3 Å². The number of rotatable bonds is 2. The molecular formula is C13H13ClO. The van der Waals surface area contributed by atoms with E-state index in [0.29, 0.717) is 0 Å². The first-order valence-electron chi connectivity index (χ1n) is 5.20. The van der Waals surface area contributed by atoms with Crippen molar-refractivity contribution in [1.82, 2.24) is 0 Å². The summed E-state index contributed by atoms with van der Waals surface area (Å²) < 4.78 is 0. The van der Waals surface area contributed by atoms with E-state index in [4.69, 9.17) is 11.6 Å². The molecule has 0 saturated carbocycles. The number of hydrogen-bond acceptors (Lipinski definition) is 1. The van der Waals surface area contributed by atoms with E-state index in [-0.39, 0.29) is 17.1 Å². The molecule has 1 aliphatic rings. The lowest BCUT2D eigenvalue weighted by Crippen LogP contribution is -2.19. The van der Waals surface area contributed by atoms with E-state index in [1.807, 2.05) is 30.3 Å². The van der Waals surface area contributed by atoms with Gasteiger partial charge < -0.3 is 0 Å². The molecule has 0 spiro atoms. The van der Waals surface area contributed by atoms with Crippen LogP contribution in [0.4, 0.5) is 0 Å². The molecule has 0 N–H and O–H groups in total. The minimum absolute atomic E-state index is 0.0564. The highest BCUT2D eigenvalue weighted by molar-refractivity contribution is 6.64. The highest BCUT2D eigenvalue weighted by atomic mass is 35.5. The summed E-state index contributed by atoms with van der Waals surface area (Å²) in [5, 5.41) is -0.215. The maximum absolute atomic E-state index is 11.3. The molecule has 2 atom stereocenters. The van der Waals surface area contributed by atoms with Crippen LogP contribution in [-0.2, 0) is 4.79 Å². The Labute approximate surface area is 94.8 Å². The van der Waals surface area contributed by atoms with Gasteiger partial charge in [0, 0.05) is 11.8 Å². The van der Waals surface area contributed by atoms with Gasteiger partial charge in [-0.25, -0.2) is 0 Å². The van der Waals surface area contributed by atoms with Gasteiger partial charge in [0.15, 0.2) is 0 Å². The van der Waals surface area contributed by atoms with E-state index in [1.165, 1.54) is 5.56 Å². The standard InChI is InChI=1S/C13H13ClO/c14-13(15)12-9-5-4-8-11(12)10-6-2-1-3-7-10/h1-4,6-8,11-12H,5,9H2/t11?,12-/m0/s1. The van der Waals surface area contributed by atoms with Gasteiger partial charge in [0.2, 0.25) is 5.24 Å². The molecule has 0 aliphatic heterocycles. The third-order valence-electron chi connectivity index (χ3n) is 2.90. The quantitative estimate of drug-likeness (QED) is 0.551. The van der Waals surface area contributed by atoms with Crippen molar-refractivity contribution in [2.45, 2.75) is 18.8 Å². The average Bonchev–Trinajstić information content (AvgIpc) is 2.30. The first-order valence-corrected chi connectivity index (χ1v) is 5.58. The first-order chi connectivity index (χ1) is 7.29. The van der Waals surface area contributed by atoms with Gasteiger partial charge in [-0.2, -0.15) is 0 Å². The highest BCUT2D eigenvalue weighted by Crippen LogP contribution is 2.34. The number of halogens is 1. The Morgan fingerprint density at radius 2 is 2.00 bits per heavy atom. The molecule has 2 rings (SSSR count). The van der Waals surface area contributed by atoms with Crippen LogP contribution >= 0.6 is 11.6 Å². The van der Waals surface area contributed by atoms with E-state index < -0.39 is 0 Å². The van der Waals surface area contributed by atoms with Gasteiger partial charge in [0.25, 0.3) is 0 Å². The van der Waals surface area contributed by atoms with Crippen LogP contribution < -0.4 is 0 Å². The van der Waals surface area contributed by atoms with Crippen LogP contribution in [-0.4, -0.2) is 5.24 Å². The Balaban J connectivity index is 2.29. The fraction of sp³-hybridized carbons (Fsp3) is 0.308. The van der Waals surface area contributed by atoms with E-state index in [9.17, 15) is 4.79 Å². The summed E-state index contributed by atoms with van der Waals surface area (Å²) >= 11 is 5.63. The zero-order chi connectivity index (χ0) is 10.7. The molecule has 2 heteroatoms. The summed E-state index contributed by atoms with van der Waals surface area (Å²) in [6.07, 6.45) is 6.04. The molecule has 0 aromatic heterocycles. The molecule has 1 aromatic carbocycles. The lowest BCUT2D eigenvalue weighted by atomic mass is 9.80. The van der Waals surface area contributed by atoms with Gasteiger partial charge >= 0.3 is 0 Å². The van der Waals surface area contributed by atoms with Crippen molar-refractivity contribution in [2.75, 3.05) is 0 Å². The van der Waals surface area contributed by atoms with Gasteiger partial charge in [-0.1, -0.05) is 42.5 Å². The average molecular weight is 221 g/mol. The Morgan fingerprint density at radius 1 is 1.27 bits per heavy atom. The topological polar surface area (TPSA) is 17.1 Å². The summed E-state index contributed by atoms with van der Waals surface area (Å²) in [5.74, 6) is 0.101. The Bertz CT molecular complexity index is 369. The molecule has 1 aliphatic carbocycles. The third-order valence-corrected chi connectivity index (χ3v) is 3.18. The fourth-order valence-corrected chi connectivity index (χ4v) is 2.35. The summed E-state index contributed by atoms with van der Waals surface area (Å²) in [6, 6.07) is 10.1. The molecule has 0 bridgehead atoms. The van der Waals surface area contributed by atoms with Gasteiger partial charge in [-0.05, 0) is 30.0 Å². The Hall–Kier alpha value is -1.08. The smallest absolute Gasteiger partial charge is 0.225 e. The van der Waals surface area contributed by atoms with Crippen LogP contribution in [0.5, 0.6) is 0 Å². The third kappa shape index (κ3) is 2.29. The summed E-state index contributed by atoms with van der Waals surface area (Å²) in [7, 11) is 0. The Kier molecular flexibility index (Phi) is 3.22. The predicted molar refractivity (Wildman–Crippen MR) is 61.9 cm³/mol. The molecule has 0 radical (unpaired) electrons. The van der Waals surface area contributed by atoms with Crippen molar-refractivity contribution >= 4 is 16.8 Å². The van der Waals surface area contributed by atoms with E-state index in [1.54, 1.807) is 0 Å². The van der Waals surface area contributed by atoms with Crippen molar-refractivity contribution in [3.63, 3.8) is 0 Å². The largest absolute Gasteiger partial charge is 0.281 e. The van der Waals surface area contributed by atoms with Crippen LogP contribution in [0, 0.1) is 5.92 Å². The van der Waals surface area contributed by atoms with Gasteiger partial charge in [0.05, 0.1) is 0 Å². The van der Waals surface area contributed by atoms with Crippen molar-refractivity contribution in [2.24, 2.45) is 5.92 Å².